The first kappa shape index (κ1) is 16.5. The van der Waals surface area contributed by atoms with Gasteiger partial charge in [0.2, 0.25) is 11.8 Å². The number of amides is 1. The zero-order valence-corrected chi connectivity index (χ0v) is 13.9. The maximum Gasteiger partial charge on any atom is 0.316 e. The summed E-state index contributed by atoms with van der Waals surface area (Å²) < 4.78 is 20.6. The van der Waals surface area contributed by atoms with E-state index in [1.165, 1.54) is 21.3 Å². The van der Waals surface area contributed by atoms with Crippen molar-refractivity contribution in [1.82, 2.24) is 9.88 Å². The first-order chi connectivity index (χ1) is 11.6. The third-order valence-corrected chi connectivity index (χ3v) is 4.72. The van der Waals surface area contributed by atoms with E-state index in [0.29, 0.717) is 24.6 Å². The molecule has 130 valence electrons. The highest BCUT2D eigenvalue weighted by Gasteiger charge is 2.57. The van der Waals surface area contributed by atoms with Crippen LogP contribution in [0, 0.1) is 11.3 Å². The van der Waals surface area contributed by atoms with Crippen molar-refractivity contribution in [2.75, 3.05) is 47.6 Å². The fourth-order valence-electron chi connectivity index (χ4n) is 3.41. The van der Waals surface area contributed by atoms with Gasteiger partial charge in [-0.3, -0.25) is 9.59 Å². The lowest BCUT2D eigenvalue weighted by molar-refractivity contribution is -0.153. The van der Waals surface area contributed by atoms with Crippen molar-refractivity contribution in [3.63, 3.8) is 0 Å². The van der Waals surface area contributed by atoms with Crippen molar-refractivity contribution in [1.29, 1.82) is 0 Å². The molecule has 0 radical (unpaired) electrons. The summed E-state index contributed by atoms with van der Waals surface area (Å²) in [6, 6.07) is 3.22. The van der Waals surface area contributed by atoms with Gasteiger partial charge >= 0.3 is 5.97 Å². The first-order valence-electron chi connectivity index (χ1n) is 7.60. The lowest BCUT2D eigenvalue weighted by atomic mass is 9.81. The molecule has 2 fully saturated rings. The van der Waals surface area contributed by atoms with Crippen molar-refractivity contribution in [2.24, 2.45) is 11.3 Å². The molecule has 3 rings (SSSR count). The summed E-state index contributed by atoms with van der Waals surface area (Å²) in [6.45, 7) is 1.41. The van der Waals surface area contributed by atoms with Gasteiger partial charge in [0.1, 0.15) is 11.0 Å². The molecule has 2 atom stereocenters. The number of methoxy groups -OCH3 is 3. The number of carbonyl (C=O) groups excluding carboxylic acids is 2. The maximum absolute atomic E-state index is 12.9. The number of fused-ring (bicyclic) bond motifs is 1. The van der Waals surface area contributed by atoms with Gasteiger partial charge in [-0.25, -0.2) is 0 Å². The van der Waals surface area contributed by atoms with Crippen LogP contribution in [0.2, 0.25) is 0 Å². The molecule has 0 unspecified atom stereocenters. The quantitative estimate of drug-likeness (QED) is 0.734. The Labute approximate surface area is 139 Å². The van der Waals surface area contributed by atoms with E-state index >= 15 is 0 Å². The van der Waals surface area contributed by atoms with E-state index in [9.17, 15) is 9.59 Å². The number of hydrogen-bond acceptors (Lipinski definition) is 7. The van der Waals surface area contributed by atoms with Gasteiger partial charge in [-0.05, 0) is 6.07 Å². The molecular formula is C16H20N2O6. The van der Waals surface area contributed by atoms with Crippen LogP contribution in [0.5, 0.6) is 11.8 Å². The molecule has 1 aromatic heterocycles. The topological polar surface area (TPSA) is 87.2 Å². The number of likely N-dealkylation sites (tertiary alicyclic amines) is 1. The lowest BCUT2D eigenvalue weighted by Crippen LogP contribution is -2.41. The minimum atomic E-state index is -0.780. The summed E-state index contributed by atoms with van der Waals surface area (Å²) in [6.07, 6.45) is 0. The average molecular weight is 336 g/mol. The van der Waals surface area contributed by atoms with Gasteiger partial charge in [0.05, 0.1) is 34.5 Å². The van der Waals surface area contributed by atoms with Crippen LogP contribution in [-0.4, -0.2) is 69.4 Å². The third kappa shape index (κ3) is 2.47. The molecule has 0 saturated carbocycles. The van der Waals surface area contributed by atoms with Gasteiger partial charge in [-0.2, -0.15) is 4.98 Å². The zero-order chi connectivity index (χ0) is 17.3. The summed E-state index contributed by atoms with van der Waals surface area (Å²) in [4.78, 5) is 30.9. The molecule has 2 aliphatic rings. The number of aromatic nitrogens is 1. The van der Waals surface area contributed by atoms with Crippen molar-refractivity contribution >= 4 is 11.9 Å². The smallest absolute Gasteiger partial charge is 0.316 e. The molecule has 1 amide bonds. The summed E-state index contributed by atoms with van der Waals surface area (Å²) in [7, 11) is 4.29. The number of ether oxygens (including phenoxy) is 4. The molecule has 0 spiro atoms. The standard InChI is InChI=1S/C16H20N2O6/c1-21-12-5-4-11(13(17-12)22-2)14(19)18-6-10-7-24-9-16(10,8-18)15(20)23-3/h4-5,10H,6-9H2,1-3H3/t10-,16-/m0/s1. The summed E-state index contributed by atoms with van der Waals surface area (Å²) in [5.74, 6) is -0.0770. The number of nitrogens with zero attached hydrogens (tertiary/aromatic N) is 2. The van der Waals surface area contributed by atoms with Crippen LogP contribution in [0.4, 0.5) is 0 Å². The van der Waals surface area contributed by atoms with Crippen LogP contribution in [0.15, 0.2) is 12.1 Å². The van der Waals surface area contributed by atoms with Gasteiger partial charge in [0, 0.05) is 25.1 Å². The Bertz CT molecular complexity index is 664. The molecule has 2 saturated heterocycles. The van der Waals surface area contributed by atoms with E-state index in [2.05, 4.69) is 4.98 Å². The van der Waals surface area contributed by atoms with E-state index in [1.54, 1.807) is 17.0 Å². The van der Waals surface area contributed by atoms with Gasteiger partial charge < -0.3 is 23.8 Å². The molecule has 0 aliphatic carbocycles. The number of carbonyl (C=O) groups is 2. The third-order valence-electron chi connectivity index (χ3n) is 4.72. The Balaban J connectivity index is 1.86. The van der Waals surface area contributed by atoms with Crippen molar-refractivity contribution < 1.29 is 28.5 Å². The molecular weight excluding hydrogens is 316 g/mol. The summed E-state index contributed by atoms with van der Waals surface area (Å²) in [5, 5.41) is 0. The second kappa shape index (κ2) is 6.27. The molecule has 0 N–H and O–H groups in total. The fourth-order valence-corrected chi connectivity index (χ4v) is 3.41. The highest BCUT2D eigenvalue weighted by atomic mass is 16.5. The van der Waals surface area contributed by atoms with E-state index < -0.39 is 5.41 Å². The normalized spacial score (nSPS) is 25.3. The second-order valence-electron chi connectivity index (χ2n) is 5.96. The molecule has 8 heteroatoms. The molecule has 0 bridgehead atoms. The summed E-state index contributed by atoms with van der Waals surface area (Å²) >= 11 is 0. The van der Waals surface area contributed by atoms with Crippen molar-refractivity contribution in [2.45, 2.75) is 0 Å². The number of hydrogen-bond donors (Lipinski definition) is 0. The summed E-state index contributed by atoms with van der Waals surface area (Å²) in [5.41, 5.74) is -0.448. The highest BCUT2D eigenvalue weighted by Crippen LogP contribution is 2.43. The number of rotatable bonds is 4. The largest absolute Gasteiger partial charge is 0.481 e. The SMILES string of the molecule is COC(=O)[C@@]12COC[C@@H]1CN(C(=O)c1ccc(OC)nc1OC)C2. The average Bonchev–Trinajstić information content (AvgIpc) is 3.18. The lowest BCUT2D eigenvalue weighted by Gasteiger charge is -2.24. The van der Waals surface area contributed by atoms with Gasteiger partial charge in [0.15, 0.2) is 0 Å². The Morgan fingerprint density at radius 2 is 2.08 bits per heavy atom. The first-order valence-corrected chi connectivity index (χ1v) is 7.60. The van der Waals surface area contributed by atoms with E-state index in [-0.39, 0.29) is 36.8 Å². The van der Waals surface area contributed by atoms with Crippen molar-refractivity contribution in [3.8, 4) is 11.8 Å². The van der Waals surface area contributed by atoms with E-state index in [0.717, 1.165) is 0 Å². The zero-order valence-electron chi connectivity index (χ0n) is 13.9. The predicted molar refractivity (Wildman–Crippen MR) is 82.0 cm³/mol. The molecule has 3 heterocycles. The van der Waals surface area contributed by atoms with Gasteiger partial charge in [-0.1, -0.05) is 0 Å². The predicted octanol–water partition coefficient (Wildman–Crippen LogP) is 0.360. The van der Waals surface area contributed by atoms with Crippen LogP contribution in [-0.2, 0) is 14.3 Å². The van der Waals surface area contributed by atoms with Crippen LogP contribution in [0.3, 0.4) is 0 Å². The van der Waals surface area contributed by atoms with E-state index in [1.807, 2.05) is 0 Å². The molecule has 1 aromatic rings. The van der Waals surface area contributed by atoms with Crippen LogP contribution >= 0.6 is 0 Å². The molecule has 0 aromatic carbocycles. The van der Waals surface area contributed by atoms with Crippen LogP contribution in [0.1, 0.15) is 10.4 Å². The molecule has 2 aliphatic heterocycles. The van der Waals surface area contributed by atoms with Crippen LogP contribution in [0.25, 0.3) is 0 Å². The molecule has 24 heavy (non-hydrogen) atoms. The molecule has 8 nitrogen and oxygen atoms in total. The maximum atomic E-state index is 12.9. The van der Waals surface area contributed by atoms with E-state index in [4.69, 9.17) is 18.9 Å². The number of esters is 1. The Morgan fingerprint density at radius 1 is 1.29 bits per heavy atom. The minimum Gasteiger partial charge on any atom is -0.481 e. The van der Waals surface area contributed by atoms with Gasteiger partial charge in [-0.15, -0.1) is 0 Å². The Hall–Kier alpha value is -2.35. The highest BCUT2D eigenvalue weighted by molar-refractivity contribution is 5.97. The second-order valence-corrected chi connectivity index (χ2v) is 5.96. The Kier molecular flexibility index (Phi) is 4.31. The fraction of sp³-hybridized carbons (Fsp3) is 0.562. The number of pyridine rings is 1. The van der Waals surface area contributed by atoms with Gasteiger partial charge in [0.25, 0.3) is 5.91 Å². The monoisotopic (exact) mass is 336 g/mol. The minimum absolute atomic E-state index is 0.0638. The van der Waals surface area contributed by atoms with Crippen molar-refractivity contribution in [3.05, 3.63) is 17.7 Å². The Morgan fingerprint density at radius 3 is 2.75 bits per heavy atom. The van der Waals surface area contributed by atoms with Crippen LogP contribution < -0.4 is 9.47 Å².